The van der Waals surface area contributed by atoms with Crippen molar-refractivity contribution in [3.05, 3.63) is 5.82 Å². The van der Waals surface area contributed by atoms with Gasteiger partial charge in [-0.05, 0) is 25.7 Å². The fourth-order valence-corrected chi connectivity index (χ4v) is 4.00. The van der Waals surface area contributed by atoms with E-state index in [1.807, 2.05) is 0 Å². The summed E-state index contributed by atoms with van der Waals surface area (Å²) >= 11 is 5.18. The Balaban J connectivity index is 1.73. The van der Waals surface area contributed by atoms with Crippen LogP contribution in [-0.4, -0.2) is 27.3 Å². The zero-order valence-corrected chi connectivity index (χ0v) is 13.0. The number of anilines is 1. The molecule has 1 aromatic rings. The van der Waals surface area contributed by atoms with Gasteiger partial charge in [0.1, 0.15) is 5.82 Å². The average molecular weight is 330 g/mol. The van der Waals surface area contributed by atoms with Crippen molar-refractivity contribution in [2.75, 3.05) is 16.8 Å². The Morgan fingerprint density at radius 2 is 1.94 bits per heavy atom. The van der Waals surface area contributed by atoms with Gasteiger partial charge in [0, 0.05) is 35.4 Å². The highest BCUT2D eigenvalue weighted by Crippen LogP contribution is 2.40. The van der Waals surface area contributed by atoms with Crippen LogP contribution in [0.15, 0.2) is 0 Å². The molecule has 0 unspecified atom stereocenters. The number of aromatic nitrogens is 2. The molecule has 0 aliphatic heterocycles. The number of rotatable bonds is 5. The van der Waals surface area contributed by atoms with Crippen LogP contribution in [0.4, 0.5) is 5.13 Å². The van der Waals surface area contributed by atoms with Crippen molar-refractivity contribution >= 4 is 32.6 Å². The molecule has 1 heterocycles. The summed E-state index contributed by atoms with van der Waals surface area (Å²) in [5.41, 5.74) is 0. The molecule has 0 amide bonds. The van der Waals surface area contributed by atoms with Crippen molar-refractivity contribution in [3.63, 3.8) is 0 Å². The molecule has 2 saturated carbocycles. The second-order valence-electron chi connectivity index (χ2n) is 5.38. The number of hydrogen-bond acceptors (Lipinski definition) is 4. The Kier molecular flexibility index (Phi) is 4.19. The van der Waals surface area contributed by atoms with Crippen molar-refractivity contribution in [3.8, 4) is 0 Å². The Labute approximate surface area is 121 Å². The molecule has 2 aliphatic carbocycles. The maximum atomic E-state index is 4.78. The molecule has 18 heavy (non-hydrogen) atoms. The molecule has 2 aliphatic rings. The lowest BCUT2D eigenvalue weighted by Crippen LogP contribution is -2.38. The topological polar surface area (TPSA) is 29.0 Å². The van der Waals surface area contributed by atoms with Gasteiger partial charge in [-0.15, -0.1) is 0 Å². The molecule has 2 fully saturated rings. The van der Waals surface area contributed by atoms with E-state index in [1.165, 1.54) is 44.9 Å². The van der Waals surface area contributed by atoms with Crippen LogP contribution in [0.2, 0.25) is 0 Å². The summed E-state index contributed by atoms with van der Waals surface area (Å²) < 4.78 is 4.55. The standard InChI is InChI=1S/C13H20BrN3S/c14-8-9-17(11-4-2-1-3-5-11)13-15-12(16-18-13)10-6-7-10/h10-11H,1-9H2. The third kappa shape index (κ3) is 2.87. The van der Waals surface area contributed by atoms with E-state index >= 15 is 0 Å². The van der Waals surface area contributed by atoms with E-state index < -0.39 is 0 Å². The van der Waals surface area contributed by atoms with Gasteiger partial charge in [0.2, 0.25) is 5.13 Å². The largest absolute Gasteiger partial charge is 0.343 e. The van der Waals surface area contributed by atoms with Crippen LogP contribution in [0.3, 0.4) is 0 Å². The number of hydrogen-bond donors (Lipinski definition) is 0. The average Bonchev–Trinajstić information content (AvgIpc) is 3.16. The summed E-state index contributed by atoms with van der Waals surface area (Å²) in [5, 5.41) is 2.17. The van der Waals surface area contributed by atoms with Crippen molar-refractivity contribution in [2.24, 2.45) is 0 Å². The summed E-state index contributed by atoms with van der Waals surface area (Å²) in [7, 11) is 0. The lowest BCUT2D eigenvalue weighted by Gasteiger charge is -2.33. The van der Waals surface area contributed by atoms with Gasteiger partial charge in [-0.25, -0.2) is 4.98 Å². The van der Waals surface area contributed by atoms with E-state index in [2.05, 4.69) is 25.2 Å². The van der Waals surface area contributed by atoms with E-state index in [0.29, 0.717) is 12.0 Å². The molecule has 3 nitrogen and oxygen atoms in total. The van der Waals surface area contributed by atoms with Crippen LogP contribution < -0.4 is 4.90 Å². The molecule has 5 heteroatoms. The highest BCUT2D eigenvalue weighted by atomic mass is 79.9. The predicted octanol–water partition coefficient (Wildman–Crippen LogP) is 3.95. The highest BCUT2D eigenvalue weighted by molar-refractivity contribution is 9.09. The molecular formula is C13H20BrN3S. The van der Waals surface area contributed by atoms with Crippen LogP contribution in [0.5, 0.6) is 0 Å². The number of alkyl halides is 1. The molecular weight excluding hydrogens is 310 g/mol. The first-order valence-electron chi connectivity index (χ1n) is 7.04. The molecule has 0 aromatic carbocycles. The zero-order chi connectivity index (χ0) is 12.4. The van der Waals surface area contributed by atoms with Crippen LogP contribution in [0.25, 0.3) is 0 Å². The van der Waals surface area contributed by atoms with E-state index in [9.17, 15) is 0 Å². The minimum absolute atomic E-state index is 0.673. The summed E-state index contributed by atoms with van der Waals surface area (Å²) in [5.74, 6) is 1.78. The smallest absolute Gasteiger partial charge is 0.205 e. The van der Waals surface area contributed by atoms with Crippen LogP contribution >= 0.6 is 27.5 Å². The predicted molar refractivity (Wildman–Crippen MR) is 79.9 cm³/mol. The van der Waals surface area contributed by atoms with Crippen LogP contribution in [0.1, 0.15) is 56.7 Å². The quantitative estimate of drug-likeness (QED) is 0.766. The first kappa shape index (κ1) is 12.9. The molecule has 3 rings (SSSR count). The zero-order valence-electron chi connectivity index (χ0n) is 10.6. The summed E-state index contributed by atoms with van der Waals surface area (Å²) in [4.78, 5) is 7.28. The fourth-order valence-electron chi connectivity index (χ4n) is 2.77. The Bertz CT molecular complexity index is 385. The minimum atomic E-state index is 0.673. The third-order valence-corrected chi connectivity index (χ3v) is 5.08. The van der Waals surface area contributed by atoms with Crippen LogP contribution in [0, 0.1) is 0 Å². The molecule has 0 atom stereocenters. The monoisotopic (exact) mass is 329 g/mol. The summed E-state index contributed by atoms with van der Waals surface area (Å²) in [6.07, 6.45) is 9.38. The molecule has 1 aromatic heterocycles. The van der Waals surface area contributed by atoms with Gasteiger partial charge < -0.3 is 4.90 Å². The van der Waals surface area contributed by atoms with Gasteiger partial charge in [-0.1, -0.05) is 35.2 Å². The molecule has 0 N–H and O–H groups in total. The summed E-state index contributed by atoms with van der Waals surface area (Å²) in [6.45, 7) is 1.06. The molecule has 0 saturated heterocycles. The molecule has 0 spiro atoms. The maximum Gasteiger partial charge on any atom is 0.205 e. The minimum Gasteiger partial charge on any atom is -0.343 e. The van der Waals surface area contributed by atoms with Crippen molar-refractivity contribution in [2.45, 2.75) is 56.9 Å². The van der Waals surface area contributed by atoms with E-state index in [1.54, 1.807) is 11.5 Å². The molecule has 0 radical (unpaired) electrons. The maximum absolute atomic E-state index is 4.78. The summed E-state index contributed by atoms with van der Waals surface area (Å²) in [6, 6.07) is 0.691. The van der Waals surface area contributed by atoms with E-state index in [-0.39, 0.29) is 0 Å². The number of nitrogens with zero attached hydrogens (tertiary/aromatic N) is 3. The lowest BCUT2D eigenvalue weighted by atomic mass is 9.94. The first-order chi connectivity index (χ1) is 8.88. The molecule has 100 valence electrons. The Morgan fingerprint density at radius 1 is 1.17 bits per heavy atom. The van der Waals surface area contributed by atoms with Crippen molar-refractivity contribution in [1.82, 2.24) is 9.36 Å². The fraction of sp³-hybridized carbons (Fsp3) is 0.846. The normalized spacial score (nSPS) is 21.2. The molecule has 0 bridgehead atoms. The first-order valence-corrected chi connectivity index (χ1v) is 8.94. The van der Waals surface area contributed by atoms with E-state index in [4.69, 9.17) is 4.98 Å². The van der Waals surface area contributed by atoms with Gasteiger partial charge in [0.25, 0.3) is 0 Å². The van der Waals surface area contributed by atoms with Crippen molar-refractivity contribution in [1.29, 1.82) is 0 Å². The Hall–Kier alpha value is -0.160. The van der Waals surface area contributed by atoms with Gasteiger partial charge in [0.05, 0.1) is 0 Å². The van der Waals surface area contributed by atoms with Gasteiger partial charge in [-0.2, -0.15) is 4.37 Å². The second kappa shape index (κ2) is 5.87. The van der Waals surface area contributed by atoms with Gasteiger partial charge in [-0.3, -0.25) is 0 Å². The van der Waals surface area contributed by atoms with Gasteiger partial charge in [0.15, 0.2) is 0 Å². The van der Waals surface area contributed by atoms with Crippen LogP contribution in [-0.2, 0) is 0 Å². The lowest BCUT2D eigenvalue weighted by molar-refractivity contribution is 0.418. The van der Waals surface area contributed by atoms with Gasteiger partial charge >= 0.3 is 0 Å². The van der Waals surface area contributed by atoms with Crippen molar-refractivity contribution < 1.29 is 0 Å². The second-order valence-corrected chi connectivity index (χ2v) is 6.91. The highest BCUT2D eigenvalue weighted by Gasteiger charge is 2.30. The van der Waals surface area contributed by atoms with E-state index in [0.717, 1.165) is 22.8 Å². The number of halogens is 1. The Morgan fingerprint density at radius 3 is 2.61 bits per heavy atom. The SMILES string of the molecule is BrCCN(c1nc(C2CC2)ns1)C1CCCCC1. The third-order valence-electron chi connectivity index (χ3n) is 3.96.